The smallest absolute Gasteiger partial charge is 0.200 e. The Morgan fingerprint density at radius 2 is 1.85 bits per heavy atom. The second kappa shape index (κ2) is 6.14. The lowest BCUT2D eigenvalue weighted by molar-refractivity contribution is 0.339. The van der Waals surface area contributed by atoms with E-state index in [1.807, 2.05) is 19.1 Å². The van der Waals surface area contributed by atoms with Gasteiger partial charge in [-0.05, 0) is 36.8 Å². The minimum atomic E-state index is 0.00678. The Kier molecular flexibility index (Phi) is 4.30. The van der Waals surface area contributed by atoms with E-state index in [0.717, 1.165) is 11.3 Å². The Bertz CT molecular complexity index is 548. The number of ether oxygens (including phenoxy) is 2. The second-order valence-electron chi connectivity index (χ2n) is 4.38. The van der Waals surface area contributed by atoms with Crippen LogP contribution in [0.15, 0.2) is 36.7 Å². The van der Waals surface area contributed by atoms with Crippen molar-refractivity contribution < 1.29 is 14.6 Å². The summed E-state index contributed by atoms with van der Waals surface area (Å²) in [5.41, 5.74) is 1.87. The van der Waals surface area contributed by atoms with Crippen LogP contribution in [0.4, 0.5) is 5.69 Å². The number of aromatic nitrogens is 1. The van der Waals surface area contributed by atoms with E-state index < -0.39 is 0 Å². The largest absolute Gasteiger partial charge is 0.502 e. The average Bonchev–Trinajstić information content (AvgIpc) is 2.48. The van der Waals surface area contributed by atoms with Gasteiger partial charge in [0.1, 0.15) is 0 Å². The normalized spacial score (nSPS) is 11.8. The highest BCUT2D eigenvalue weighted by atomic mass is 16.5. The number of pyridine rings is 1. The first-order valence-electron chi connectivity index (χ1n) is 6.27. The molecule has 1 heterocycles. The van der Waals surface area contributed by atoms with Gasteiger partial charge in [0.15, 0.2) is 11.5 Å². The third-order valence-corrected chi connectivity index (χ3v) is 3.05. The average molecular weight is 274 g/mol. The fourth-order valence-electron chi connectivity index (χ4n) is 1.95. The van der Waals surface area contributed by atoms with E-state index in [1.54, 1.807) is 24.5 Å². The number of rotatable bonds is 5. The molecule has 2 rings (SSSR count). The van der Waals surface area contributed by atoms with Crippen molar-refractivity contribution in [3.63, 3.8) is 0 Å². The van der Waals surface area contributed by atoms with Crippen LogP contribution in [0.5, 0.6) is 17.2 Å². The Hall–Kier alpha value is -2.43. The number of hydrogen-bond acceptors (Lipinski definition) is 5. The molecule has 20 heavy (non-hydrogen) atoms. The third-order valence-electron chi connectivity index (χ3n) is 3.05. The molecule has 1 atom stereocenters. The van der Waals surface area contributed by atoms with Crippen LogP contribution in [0, 0.1) is 0 Å². The predicted molar refractivity (Wildman–Crippen MR) is 77.5 cm³/mol. The van der Waals surface area contributed by atoms with Gasteiger partial charge in [0.2, 0.25) is 5.75 Å². The first-order chi connectivity index (χ1) is 9.65. The van der Waals surface area contributed by atoms with Crippen LogP contribution in [0.25, 0.3) is 0 Å². The first kappa shape index (κ1) is 14.0. The zero-order valence-electron chi connectivity index (χ0n) is 11.8. The molecular formula is C15H18N2O3. The van der Waals surface area contributed by atoms with Gasteiger partial charge >= 0.3 is 0 Å². The number of phenols is 1. The molecule has 0 aliphatic heterocycles. The van der Waals surface area contributed by atoms with E-state index in [1.165, 1.54) is 14.2 Å². The maximum atomic E-state index is 9.90. The van der Waals surface area contributed by atoms with Crippen LogP contribution in [0.3, 0.4) is 0 Å². The molecule has 1 aromatic carbocycles. The predicted octanol–water partition coefficient (Wildman–Crippen LogP) is 2.98. The molecule has 5 heteroatoms. The van der Waals surface area contributed by atoms with Crippen LogP contribution < -0.4 is 14.8 Å². The molecule has 0 spiro atoms. The van der Waals surface area contributed by atoms with Crippen molar-refractivity contribution >= 4 is 5.69 Å². The Morgan fingerprint density at radius 1 is 1.20 bits per heavy atom. The molecule has 106 valence electrons. The lowest BCUT2D eigenvalue weighted by atomic mass is 10.1. The number of benzene rings is 1. The summed E-state index contributed by atoms with van der Waals surface area (Å²) < 4.78 is 10.3. The first-order valence-corrected chi connectivity index (χ1v) is 6.27. The number of aromatic hydroxyl groups is 1. The Morgan fingerprint density at radius 3 is 2.35 bits per heavy atom. The van der Waals surface area contributed by atoms with Crippen molar-refractivity contribution in [3.05, 3.63) is 42.2 Å². The Labute approximate surface area is 118 Å². The van der Waals surface area contributed by atoms with Crippen molar-refractivity contribution in [2.75, 3.05) is 19.5 Å². The number of methoxy groups -OCH3 is 2. The summed E-state index contributed by atoms with van der Waals surface area (Å²) in [6, 6.07) is 7.39. The molecule has 0 saturated heterocycles. The van der Waals surface area contributed by atoms with Crippen molar-refractivity contribution in [2.45, 2.75) is 13.0 Å². The molecule has 0 aliphatic carbocycles. The number of nitrogens with zero attached hydrogens (tertiary/aromatic N) is 1. The zero-order chi connectivity index (χ0) is 14.5. The molecule has 5 nitrogen and oxygen atoms in total. The number of phenolic OH excluding ortho intramolecular Hbond substituents is 1. The maximum absolute atomic E-state index is 9.90. The van der Waals surface area contributed by atoms with Crippen LogP contribution >= 0.6 is 0 Å². The van der Waals surface area contributed by atoms with E-state index in [0.29, 0.717) is 11.5 Å². The van der Waals surface area contributed by atoms with Gasteiger partial charge in [-0.15, -0.1) is 0 Å². The van der Waals surface area contributed by atoms with Crippen LogP contribution in [0.1, 0.15) is 18.5 Å². The van der Waals surface area contributed by atoms with Crippen molar-refractivity contribution in [2.24, 2.45) is 0 Å². The minimum Gasteiger partial charge on any atom is -0.502 e. The van der Waals surface area contributed by atoms with Crippen molar-refractivity contribution in [1.29, 1.82) is 0 Å². The van der Waals surface area contributed by atoms with Crippen molar-refractivity contribution in [3.8, 4) is 17.2 Å². The summed E-state index contributed by atoms with van der Waals surface area (Å²) >= 11 is 0. The number of anilines is 1. The summed E-state index contributed by atoms with van der Waals surface area (Å²) in [7, 11) is 3.02. The van der Waals surface area contributed by atoms with Gasteiger partial charge in [-0.2, -0.15) is 0 Å². The molecule has 1 unspecified atom stereocenters. The van der Waals surface area contributed by atoms with E-state index in [2.05, 4.69) is 10.3 Å². The number of nitrogens with one attached hydrogen (secondary N) is 1. The maximum Gasteiger partial charge on any atom is 0.200 e. The van der Waals surface area contributed by atoms with Gasteiger partial charge in [0.25, 0.3) is 0 Å². The van der Waals surface area contributed by atoms with Gasteiger partial charge in [-0.3, -0.25) is 4.98 Å². The van der Waals surface area contributed by atoms with Crippen LogP contribution in [0.2, 0.25) is 0 Å². The van der Waals surface area contributed by atoms with Gasteiger partial charge in [-0.25, -0.2) is 0 Å². The molecule has 0 amide bonds. The summed E-state index contributed by atoms with van der Waals surface area (Å²) in [5, 5.41) is 13.2. The highest BCUT2D eigenvalue weighted by Gasteiger charge is 2.14. The van der Waals surface area contributed by atoms with E-state index in [4.69, 9.17) is 9.47 Å². The summed E-state index contributed by atoms with van der Waals surface area (Å²) in [5.74, 6) is 0.783. The summed E-state index contributed by atoms with van der Waals surface area (Å²) in [6.45, 7) is 2.01. The van der Waals surface area contributed by atoms with E-state index in [-0.39, 0.29) is 11.8 Å². The molecule has 0 saturated carbocycles. The molecule has 0 aliphatic rings. The van der Waals surface area contributed by atoms with Gasteiger partial charge < -0.3 is 19.9 Å². The summed E-state index contributed by atoms with van der Waals surface area (Å²) in [6.07, 6.45) is 3.48. The second-order valence-corrected chi connectivity index (χ2v) is 4.38. The fourth-order valence-corrected chi connectivity index (χ4v) is 1.95. The van der Waals surface area contributed by atoms with Gasteiger partial charge in [0.05, 0.1) is 19.9 Å². The van der Waals surface area contributed by atoms with Crippen LogP contribution in [-0.2, 0) is 0 Å². The SMILES string of the molecule is COc1cc(C(C)Nc2cccnc2)cc(OC)c1O. The highest BCUT2D eigenvalue weighted by molar-refractivity contribution is 5.54. The third kappa shape index (κ3) is 2.93. The van der Waals surface area contributed by atoms with Gasteiger partial charge in [0, 0.05) is 18.4 Å². The summed E-state index contributed by atoms with van der Waals surface area (Å²) in [4.78, 5) is 4.06. The zero-order valence-corrected chi connectivity index (χ0v) is 11.8. The number of hydrogen-bond donors (Lipinski definition) is 2. The lowest BCUT2D eigenvalue weighted by Gasteiger charge is -2.18. The van der Waals surface area contributed by atoms with Gasteiger partial charge in [-0.1, -0.05) is 0 Å². The topological polar surface area (TPSA) is 63.6 Å². The van der Waals surface area contributed by atoms with Crippen molar-refractivity contribution in [1.82, 2.24) is 4.98 Å². The van der Waals surface area contributed by atoms with E-state index >= 15 is 0 Å². The standard InChI is InChI=1S/C15H18N2O3/c1-10(17-12-5-4-6-16-9-12)11-7-13(19-2)15(18)14(8-11)20-3/h4-10,17-18H,1-3H3. The highest BCUT2D eigenvalue weighted by Crippen LogP contribution is 2.39. The monoisotopic (exact) mass is 274 g/mol. The molecule has 0 fully saturated rings. The Balaban J connectivity index is 2.27. The minimum absolute atomic E-state index is 0.00678. The molecule has 2 aromatic rings. The molecule has 1 aromatic heterocycles. The molecular weight excluding hydrogens is 256 g/mol. The lowest BCUT2D eigenvalue weighted by Crippen LogP contribution is -2.07. The quantitative estimate of drug-likeness (QED) is 0.877. The fraction of sp³-hybridized carbons (Fsp3) is 0.267. The van der Waals surface area contributed by atoms with Crippen LogP contribution in [-0.4, -0.2) is 24.3 Å². The molecule has 0 bridgehead atoms. The molecule has 0 radical (unpaired) electrons. The van der Waals surface area contributed by atoms with E-state index in [9.17, 15) is 5.11 Å². The molecule has 2 N–H and O–H groups in total.